The summed E-state index contributed by atoms with van der Waals surface area (Å²) in [6.45, 7) is -0.104. The third-order valence-corrected chi connectivity index (χ3v) is 7.62. The molecule has 1 fully saturated rings. The topological polar surface area (TPSA) is 120 Å². The average Bonchev–Trinajstić information content (AvgIpc) is 3.66. The Morgan fingerprint density at radius 3 is 2.45 bits per heavy atom. The molecule has 4 aromatic rings. The van der Waals surface area contributed by atoms with Gasteiger partial charge >= 0.3 is 7.12 Å². The van der Waals surface area contributed by atoms with E-state index in [0.717, 1.165) is 34.8 Å². The standard InChI is InChI=1S/C26H23BClFN2O6S/c1-30-26(32)24-20-12-19(14-2-3-14)16(10-23(20)37-25(24)15-4-6-17(28)7-5-15)13-31(38(35)36)18-8-9-21(27(33)34)22(29)11-18/h4-12,14,33-34,38H,2-3,13H2,1H3,(H,30,32). The molecule has 1 amide bonds. The van der Waals surface area contributed by atoms with Crippen LogP contribution in [-0.2, 0) is 17.4 Å². The summed E-state index contributed by atoms with van der Waals surface area (Å²) in [4.78, 5) is 12.9. The third-order valence-electron chi connectivity index (χ3n) is 6.61. The van der Waals surface area contributed by atoms with E-state index in [2.05, 4.69) is 5.32 Å². The fourth-order valence-electron chi connectivity index (χ4n) is 4.56. The molecule has 0 aliphatic heterocycles. The van der Waals surface area contributed by atoms with Gasteiger partial charge in [-0.1, -0.05) is 17.7 Å². The molecule has 8 nitrogen and oxygen atoms in total. The van der Waals surface area contributed by atoms with Gasteiger partial charge in [-0.3, -0.25) is 9.10 Å². The molecule has 0 saturated heterocycles. The summed E-state index contributed by atoms with van der Waals surface area (Å²) in [6, 6.07) is 13.9. The van der Waals surface area contributed by atoms with Gasteiger partial charge in [0.2, 0.25) is 10.9 Å². The molecule has 0 radical (unpaired) electrons. The number of carbonyl (C=O) groups excluding carboxylic acids is 1. The minimum atomic E-state index is -3.17. The first kappa shape index (κ1) is 26.2. The van der Waals surface area contributed by atoms with Crippen LogP contribution in [0.2, 0.25) is 5.02 Å². The molecule has 0 bridgehead atoms. The number of hydrogen-bond acceptors (Lipinski definition) is 6. The van der Waals surface area contributed by atoms with Crippen LogP contribution in [0.3, 0.4) is 0 Å². The molecule has 0 unspecified atom stereocenters. The maximum absolute atomic E-state index is 14.4. The maximum atomic E-state index is 14.4. The van der Waals surface area contributed by atoms with E-state index in [9.17, 15) is 27.7 Å². The van der Waals surface area contributed by atoms with Crippen molar-refractivity contribution in [1.29, 1.82) is 0 Å². The quantitative estimate of drug-likeness (QED) is 0.195. The highest BCUT2D eigenvalue weighted by Crippen LogP contribution is 2.45. The van der Waals surface area contributed by atoms with Crippen molar-refractivity contribution in [2.75, 3.05) is 11.4 Å². The van der Waals surface area contributed by atoms with Gasteiger partial charge in [-0.2, -0.15) is 0 Å². The van der Waals surface area contributed by atoms with E-state index in [4.69, 9.17) is 16.0 Å². The first-order valence-corrected chi connectivity index (χ1v) is 13.3. The highest BCUT2D eigenvalue weighted by atomic mass is 35.5. The van der Waals surface area contributed by atoms with Crippen molar-refractivity contribution >= 4 is 57.6 Å². The Balaban J connectivity index is 1.63. The predicted octanol–water partition coefficient (Wildman–Crippen LogP) is 3.34. The van der Waals surface area contributed by atoms with Crippen molar-refractivity contribution in [3.63, 3.8) is 0 Å². The molecule has 196 valence electrons. The predicted molar refractivity (Wildman–Crippen MR) is 145 cm³/mol. The SMILES string of the molecule is CNC(=O)c1c(-c2ccc(Cl)cc2)oc2cc(CN(c3ccc(B(O)O)c(F)c3)[SH](=O)=O)c(C3CC3)cc12. The molecule has 12 heteroatoms. The maximum Gasteiger partial charge on any atom is 0.491 e. The number of thiol groups is 1. The summed E-state index contributed by atoms with van der Waals surface area (Å²) < 4.78 is 46.1. The summed E-state index contributed by atoms with van der Waals surface area (Å²) in [6.07, 6.45) is 1.83. The second kappa shape index (κ2) is 10.4. The molecular weight excluding hydrogens is 534 g/mol. The van der Waals surface area contributed by atoms with Gasteiger partial charge < -0.3 is 19.8 Å². The fraction of sp³-hybridized carbons (Fsp3) is 0.192. The van der Waals surface area contributed by atoms with E-state index in [1.54, 1.807) is 30.3 Å². The van der Waals surface area contributed by atoms with Crippen molar-refractivity contribution in [2.24, 2.45) is 0 Å². The zero-order valence-corrected chi connectivity index (χ0v) is 21.8. The Morgan fingerprint density at radius 2 is 1.87 bits per heavy atom. The summed E-state index contributed by atoms with van der Waals surface area (Å²) in [5.74, 6) is -0.710. The molecule has 1 heterocycles. The van der Waals surface area contributed by atoms with Gasteiger partial charge in [0.15, 0.2) is 0 Å². The van der Waals surface area contributed by atoms with Crippen LogP contribution in [0.25, 0.3) is 22.3 Å². The Morgan fingerprint density at radius 1 is 1.16 bits per heavy atom. The molecule has 5 rings (SSSR count). The van der Waals surface area contributed by atoms with Crippen molar-refractivity contribution in [1.82, 2.24) is 5.32 Å². The highest BCUT2D eigenvalue weighted by molar-refractivity contribution is 7.74. The van der Waals surface area contributed by atoms with Crippen LogP contribution in [-0.4, -0.2) is 38.5 Å². The third kappa shape index (κ3) is 5.02. The first-order valence-electron chi connectivity index (χ1n) is 11.8. The Hall–Kier alpha value is -3.38. The Kier molecular flexibility index (Phi) is 7.19. The summed E-state index contributed by atoms with van der Waals surface area (Å²) >= 11 is 6.04. The molecule has 1 aromatic heterocycles. The molecule has 1 aliphatic rings. The van der Waals surface area contributed by atoms with E-state index in [-0.39, 0.29) is 29.5 Å². The van der Waals surface area contributed by atoms with Crippen LogP contribution in [0, 0.1) is 5.82 Å². The summed E-state index contributed by atoms with van der Waals surface area (Å²) in [5, 5.41) is 22.4. The lowest BCUT2D eigenvalue weighted by molar-refractivity contribution is 0.0964. The molecular formula is C26H23BClFN2O6S. The summed E-state index contributed by atoms with van der Waals surface area (Å²) in [5.41, 5.74) is 2.65. The van der Waals surface area contributed by atoms with E-state index < -0.39 is 23.8 Å². The Labute approximate surface area is 224 Å². The molecule has 0 atom stereocenters. The van der Waals surface area contributed by atoms with Crippen LogP contribution in [0.15, 0.2) is 59.0 Å². The number of benzene rings is 3. The van der Waals surface area contributed by atoms with E-state index in [1.165, 1.54) is 13.1 Å². The van der Waals surface area contributed by atoms with E-state index in [0.29, 0.717) is 38.4 Å². The normalized spacial score (nSPS) is 13.2. The summed E-state index contributed by atoms with van der Waals surface area (Å²) in [7, 11) is -3.66. The molecule has 3 N–H and O–H groups in total. The fourth-order valence-corrected chi connectivity index (χ4v) is 5.27. The molecule has 1 saturated carbocycles. The van der Waals surface area contributed by atoms with Gasteiger partial charge in [-0.05, 0) is 78.4 Å². The highest BCUT2D eigenvalue weighted by Gasteiger charge is 2.30. The van der Waals surface area contributed by atoms with Crippen LogP contribution in [0.4, 0.5) is 10.1 Å². The van der Waals surface area contributed by atoms with Crippen LogP contribution in [0.5, 0.6) is 0 Å². The van der Waals surface area contributed by atoms with Crippen LogP contribution < -0.4 is 15.1 Å². The second-order valence-electron chi connectivity index (χ2n) is 9.09. The number of halogens is 2. The van der Waals surface area contributed by atoms with E-state index >= 15 is 0 Å². The van der Waals surface area contributed by atoms with Crippen molar-refractivity contribution in [3.05, 3.63) is 82.1 Å². The molecule has 3 aromatic carbocycles. The van der Waals surface area contributed by atoms with Gasteiger partial charge in [-0.15, -0.1) is 0 Å². The molecule has 1 aliphatic carbocycles. The van der Waals surface area contributed by atoms with Crippen molar-refractivity contribution in [2.45, 2.75) is 25.3 Å². The number of furan rings is 1. The first-order chi connectivity index (χ1) is 18.2. The second-order valence-corrected chi connectivity index (χ2v) is 10.5. The number of hydrogen-bond donors (Lipinski definition) is 4. The van der Waals surface area contributed by atoms with Crippen molar-refractivity contribution in [3.8, 4) is 11.3 Å². The molecule has 0 spiro atoms. The zero-order valence-electron chi connectivity index (χ0n) is 20.1. The van der Waals surface area contributed by atoms with Gasteiger partial charge in [0, 0.05) is 28.5 Å². The average molecular weight is 557 g/mol. The minimum Gasteiger partial charge on any atom is -0.455 e. The minimum absolute atomic E-state index is 0.0391. The van der Waals surface area contributed by atoms with Gasteiger partial charge in [0.05, 0.1) is 17.8 Å². The lowest BCUT2D eigenvalue weighted by Gasteiger charge is -2.20. The number of nitrogens with one attached hydrogen (secondary N) is 1. The number of carbonyl (C=O) groups is 1. The lowest BCUT2D eigenvalue weighted by Crippen LogP contribution is -2.33. The van der Waals surface area contributed by atoms with Crippen molar-refractivity contribution < 1.29 is 32.1 Å². The number of rotatable bonds is 8. The zero-order chi connectivity index (χ0) is 27.1. The van der Waals surface area contributed by atoms with Crippen LogP contribution in [0.1, 0.15) is 40.2 Å². The van der Waals surface area contributed by atoms with Crippen LogP contribution >= 0.6 is 11.6 Å². The van der Waals surface area contributed by atoms with Gasteiger partial charge in [0.25, 0.3) is 5.91 Å². The smallest absolute Gasteiger partial charge is 0.455 e. The molecule has 38 heavy (non-hydrogen) atoms. The van der Waals surface area contributed by atoms with Gasteiger partial charge in [-0.25, -0.2) is 12.8 Å². The number of nitrogens with zero attached hydrogens (tertiary/aromatic N) is 1. The number of amides is 1. The Bertz CT molecular complexity index is 1610. The number of fused-ring (bicyclic) bond motifs is 1. The lowest BCUT2D eigenvalue weighted by atomic mass is 9.80. The van der Waals surface area contributed by atoms with E-state index in [1.807, 2.05) is 6.07 Å². The monoisotopic (exact) mass is 556 g/mol. The largest absolute Gasteiger partial charge is 0.491 e. The number of anilines is 1. The van der Waals surface area contributed by atoms with Gasteiger partial charge in [0.1, 0.15) is 17.2 Å².